The zero-order valence-electron chi connectivity index (χ0n) is 19.3. The third kappa shape index (κ3) is 3.84. The number of furan rings is 1. The average molecular weight is 456 g/mol. The largest absolute Gasteiger partial charge is 0.507 e. The van der Waals surface area contributed by atoms with Gasteiger partial charge in [-0.1, -0.05) is 26.8 Å². The molecular weight excluding hydrogens is 432 g/mol. The molecule has 1 saturated heterocycles. The lowest BCUT2D eigenvalue weighted by Crippen LogP contribution is -2.29. The Balaban J connectivity index is 1.95. The number of ketones is 1. The molecule has 1 atom stereocenters. The smallest absolute Gasteiger partial charge is 0.300 e. The minimum Gasteiger partial charge on any atom is -0.507 e. The number of aliphatic hydroxyl groups is 1. The molecule has 0 aliphatic carbocycles. The van der Waals surface area contributed by atoms with E-state index in [9.17, 15) is 14.7 Å². The van der Waals surface area contributed by atoms with Crippen molar-refractivity contribution in [3.63, 3.8) is 0 Å². The number of ether oxygens (including phenoxy) is 1. The first-order chi connectivity index (χ1) is 16.2. The van der Waals surface area contributed by atoms with Gasteiger partial charge in [0.1, 0.15) is 23.3 Å². The molecule has 1 N–H and O–H groups in total. The Morgan fingerprint density at radius 3 is 2.38 bits per heavy atom. The lowest BCUT2D eigenvalue weighted by molar-refractivity contribution is -0.132. The number of nitrogens with zero attached hydrogens (tertiary/aromatic N) is 2. The van der Waals surface area contributed by atoms with Crippen molar-refractivity contribution in [3.8, 4) is 11.8 Å². The van der Waals surface area contributed by atoms with Gasteiger partial charge in [-0.2, -0.15) is 5.26 Å². The zero-order chi connectivity index (χ0) is 24.6. The summed E-state index contributed by atoms with van der Waals surface area (Å²) in [5.74, 6) is -1.31. The van der Waals surface area contributed by atoms with Crippen LogP contribution in [0.4, 0.5) is 5.69 Å². The number of nitriles is 1. The predicted molar refractivity (Wildman–Crippen MR) is 126 cm³/mol. The van der Waals surface area contributed by atoms with Crippen molar-refractivity contribution >= 4 is 23.1 Å². The quantitative estimate of drug-likeness (QED) is 0.333. The Bertz CT molecular complexity index is 1320. The van der Waals surface area contributed by atoms with Crippen molar-refractivity contribution in [2.75, 3.05) is 12.0 Å². The first-order valence-corrected chi connectivity index (χ1v) is 10.7. The Hall–Kier alpha value is -4.31. The Labute approximate surface area is 197 Å². The van der Waals surface area contributed by atoms with Gasteiger partial charge in [0.2, 0.25) is 0 Å². The van der Waals surface area contributed by atoms with Crippen molar-refractivity contribution in [2.24, 2.45) is 0 Å². The second-order valence-electron chi connectivity index (χ2n) is 9.01. The highest BCUT2D eigenvalue weighted by Crippen LogP contribution is 2.44. The van der Waals surface area contributed by atoms with E-state index >= 15 is 0 Å². The zero-order valence-corrected chi connectivity index (χ0v) is 19.3. The van der Waals surface area contributed by atoms with Gasteiger partial charge in [0.15, 0.2) is 0 Å². The van der Waals surface area contributed by atoms with Crippen LogP contribution in [-0.4, -0.2) is 23.9 Å². The molecule has 1 aliphatic heterocycles. The monoisotopic (exact) mass is 456 g/mol. The lowest BCUT2D eigenvalue weighted by Gasteiger charge is -2.24. The molecule has 1 fully saturated rings. The van der Waals surface area contributed by atoms with Crippen LogP contribution in [0.1, 0.15) is 49.3 Å². The van der Waals surface area contributed by atoms with Crippen LogP contribution in [-0.2, 0) is 15.0 Å². The van der Waals surface area contributed by atoms with Crippen LogP contribution in [0.5, 0.6) is 5.75 Å². The third-order valence-corrected chi connectivity index (χ3v) is 5.85. The number of benzene rings is 2. The van der Waals surface area contributed by atoms with Crippen molar-refractivity contribution in [2.45, 2.75) is 32.2 Å². The molecule has 2 aromatic carbocycles. The number of anilines is 1. The first-order valence-electron chi connectivity index (χ1n) is 10.7. The summed E-state index contributed by atoms with van der Waals surface area (Å²) < 4.78 is 11.0. The fourth-order valence-corrected chi connectivity index (χ4v) is 4.02. The van der Waals surface area contributed by atoms with E-state index in [1.807, 2.05) is 32.9 Å². The highest BCUT2D eigenvalue weighted by atomic mass is 16.5. The maximum absolute atomic E-state index is 13.3. The van der Waals surface area contributed by atoms with Crippen LogP contribution in [0.2, 0.25) is 0 Å². The molecular formula is C27H24N2O5. The normalized spacial score (nSPS) is 17.6. The molecule has 2 heterocycles. The van der Waals surface area contributed by atoms with Crippen molar-refractivity contribution in [3.05, 3.63) is 88.9 Å². The Morgan fingerprint density at radius 2 is 1.82 bits per heavy atom. The van der Waals surface area contributed by atoms with Crippen LogP contribution < -0.4 is 9.64 Å². The van der Waals surface area contributed by atoms with E-state index in [2.05, 4.69) is 0 Å². The number of carbonyl (C=O) groups is 2. The maximum Gasteiger partial charge on any atom is 0.300 e. The van der Waals surface area contributed by atoms with E-state index in [1.54, 1.807) is 48.5 Å². The van der Waals surface area contributed by atoms with Crippen molar-refractivity contribution in [1.29, 1.82) is 5.26 Å². The summed E-state index contributed by atoms with van der Waals surface area (Å²) in [6.07, 6.45) is 1.44. The van der Waals surface area contributed by atoms with Crippen LogP contribution in [0.15, 0.2) is 70.9 Å². The average Bonchev–Trinajstić information content (AvgIpc) is 3.44. The van der Waals surface area contributed by atoms with Gasteiger partial charge in [0.25, 0.3) is 11.7 Å². The lowest BCUT2D eigenvalue weighted by atomic mass is 9.85. The standard InChI is InChI=1S/C27H24N2O5/c1-27(2,3)17-9-12-20(33-4)19(14-17)24(30)22-23(21-6-5-13-34-21)29(26(32)25(22)31)18-10-7-16(15-28)8-11-18/h5-14,23,30H,1-4H3/b24-22+. The van der Waals surface area contributed by atoms with Crippen molar-refractivity contribution in [1.82, 2.24) is 0 Å². The molecule has 4 rings (SSSR count). The van der Waals surface area contributed by atoms with Crippen LogP contribution in [0.25, 0.3) is 5.76 Å². The predicted octanol–water partition coefficient (Wildman–Crippen LogP) is 5.08. The van der Waals surface area contributed by atoms with Crippen LogP contribution in [0, 0.1) is 11.3 Å². The van der Waals surface area contributed by atoms with E-state index in [1.165, 1.54) is 18.3 Å². The second-order valence-corrected chi connectivity index (χ2v) is 9.01. The number of rotatable bonds is 4. The Kier molecular flexibility index (Phi) is 5.76. The van der Waals surface area contributed by atoms with Gasteiger partial charge in [-0.15, -0.1) is 0 Å². The fraction of sp³-hybridized carbons (Fsp3) is 0.222. The van der Waals surface area contributed by atoms with Gasteiger partial charge in [-0.3, -0.25) is 14.5 Å². The van der Waals surface area contributed by atoms with E-state index in [-0.39, 0.29) is 16.7 Å². The van der Waals surface area contributed by atoms with Gasteiger partial charge >= 0.3 is 0 Å². The maximum atomic E-state index is 13.3. The minimum absolute atomic E-state index is 0.103. The molecule has 0 radical (unpaired) electrons. The van der Waals surface area contributed by atoms with E-state index in [0.717, 1.165) is 5.56 Å². The molecule has 0 bridgehead atoms. The SMILES string of the molecule is COc1ccc(C(C)(C)C)cc1/C(O)=C1\C(=O)C(=O)N(c2ccc(C#N)cc2)C1c1ccco1. The molecule has 0 spiro atoms. The summed E-state index contributed by atoms with van der Waals surface area (Å²) in [5.41, 5.74) is 1.72. The number of methoxy groups -OCH3 is 1. The fourth-order valence-electron chi connectivity index (χ4n) is 4.02. The number of carbonyl (C=O) groups excluding carboxylic acids is 2. The molecule has 7 heteroatoms. The van der Waals surface area contributed by atoms with Gasteiger partial charge in [0, 0.05) is 5.69 Å². The minimum atomic E-state index is -0.995. The molecule has 1 aliphatic rings. The van der Waals surface area contributed by atoms with E-state index in [0.29, 0.717) is 28.3 Å². The Morgan fingerprint density at radius 1 is 1.12 bits per heavy atom. The molecule has 1 aromatic heterocycles. The number of aliphatic hydroxyl groups excluding tert-OH is 1. The summed E-state index contributed by atoms with van der Waals surface area (Å²) >= 11 is 0. The molecule has 7 nitrogen and oxygen atoms in total. The topological polar surface area (TPSA) is 104 Å². The highest BCUT2D eigenvalue weighted by Gasteiger charge is 2.48. The molecule has 172 valence electrons. The van der Waals surface area contributed by atoms with Gasteiger partial charge in [-0.05, 0) is 59.5 Å². The molecule has 34 heavy (non-hydrogen) atoms. The number of Topliss-reactive ketones (excluding diaryl/α,β-unsaturated/α-hetero) is 1. The van der Waals surface area contributed by atoms with Gasteiger partial charge in [-0.25, -0.2) is 0 Å². The number of amides is 1. The van der Waals surface area contributed by atoms with Crippen LogP contribution >= 0.6 is 0 Å². The molecule has 1 unspecified atom stereocenters. The van der Waals surface area contributed by atoms with E-state index in [4.69, 9.17) is 14.4 Å². The third-order valence-electron chi connectivity index (χ3n) is 5.85. The van der Waals surface area contributed by atoms with E-state index < -0.39 is 17.7 Å². The second kappa shape index (κ2) is 8.56. The summed E-state index contributed by atoms with van der Waals surface area (Å²) in [6, 6.07) is 16.0. The summed E-state index contributed by atoms with van der Waals surface area (Å²) in [5, 5.41) is 20.5. The highest BCUT2D eigenvalue weighted by molar-refractivity contribution is 6.51. The number of hydrogen-bond donors (Lipinski definition) is 1. The molecule has 3 aromatic rings. The molecule has 1 amide bonds. The number of hydrogen-bond acceptors (Lipinski definition) is 6. The summed E-state index contributed by atoms with van der Waals surface area (Å²) in [6.45, 7) is 6.10. The summed E-state index contributed by atoms with van der Waals surface area (Å²) in [7, 11) is 1.47. The molecule has 0 saturated carbocycles. The first kappa shape index (κ1) is 22.9. The van der Waals surface area contributed by atoms with Gasteiger partial charge in [0.05, 0.1) is 36.1 Å². The van der Waals surface area contributed by atoms with Crippen LogP contribution in [0.3, 0.4) is 0 Å². The van der Waals surface area contributed by atoms with Crippen molar-refractivity contribution < 1.29 is 23.8 Å². The van der Waals surface area contributed by atoms with Gasteiger partial charge < -0.3 is 14.3 Å². The summed E-state index contributed by atoms with van der Waals surface area (Å²) in [4.78, 5) is 27.7.